The molecule has 4 nitrogen and oxygen atoms in total. The van der Waals surface area contributed by atoms with Crippen molar-refractivity contribution in [2.45, 2.75) is 20.1 Å². The van der Waals surface area contributed by atoms with Crippen LogP contribution in [0, 0.1) is 0 Å². The first-order chi connectivity index (χ1) is 7.36. The van der Waals surface area contributed by atoms with E-state index >= 15 is 0 Å². The molecule has 0 amide bonds. The minimum atomic E-state index is -0.298. The quantitative estimate of drug-likeness (QED) is 0.645. The summed E-state index contributed by atoms with van der Waals surface area (Å²) in [6.45, 7) is 5.48. The molecule has 4 heteroatoms. The number of hydrogen-bond acceptors (Lipinski definition) is 4. The van der Waals surface area contributed by atoms with E-state index in [1.807, 2.05) is 13.8 Å². The van der Waals surface area contributed by atoms with E-state index in [0.717, 1.165) is 5.75 Å². The summed E-state index contributed by atoms with van der Waals surface area (Å²) in [6.07, 6.45) is 3.07. The number of rotatable bonds is 7. The van der Waals surface area contributed by atoms with E-state index in [9.17, 15) is 0 Å². The van der Waals surface area contributed by atoms with E-state index in [-0.39, 0.29) is 6.29 Å². The fourth-order valence-electron chi connectivity index (χ4n) is 1.11. The van der Waals surface area contributed by atoms with E-state index in [4.69, 9.17) is 14.2 Å². The van der Waals surface area contributed by atoms with Gasteiger partial charge in [-0.2, -0.15) is 0 Å². The molecule has 1 aromatic rings. The highest BCUT2D eigenvalue weighted by Gasteiger charge is 2.08. The number of aromatic nitrogens is 1. The maximum atomic E-state index is 5.48. The highest BCUT2D eigenvalue weighted by atomic mass is 16.7. The molecule has 0 saturated carbocycles. The van der Waals surface area contributed by atoms with Gasteiger partial charge in [-0.25, -0.2) is 0 Å². The molecule has 1 rings (SSSR count). The van der Waals surface area contributed by atoms with Crippen molar-refractivity contribution in [3.63, 3.8) is 0 Å². The highest BCUT2D eigenvalue weighted by Crippen LogP contribution is 2.08. The van der Waals surface area contributed by atoms with Gasteiger partial charge in [0.1, 0.15) is 12.4 Å². The van der Waals surface area contributed by atoms with Crippen molar-refractivity contribution in [3.8, 4) is 5.75 Å². The topological polar surface area (TPSA) is 40.6 Å². The Morgan fingerprint density at radius 2 is 1.73 bits per heavy atom. The molecule has 0 fully saturated rings. The van der Waals surface area contributed by atoms with E-state index in [1.165, 1.54) is 0 Å². The molecule has 0 aliphatic rings. The first kappa shape index (κ1) is 11.9. The third kappa shape index (κ3) is 4.76. The Balaban J connectivity index is 2.33. The fourth-order valence-corrected chi connectivity index (χ4v) is 1.11. The van der Waals surface area contributed by atoms with Gasteiger partial charge in [0, 0.05) is 25.6 Å². The number of hydrogen-bond donors (Lipinski definition) is 0. The molecule has 15 heavy (non-hydrogen) atoms. The summed E-state index contributed by atoms with van der Waals surface area (Å²) in [5.74, 6) is 0.773. The zero-order chi connectivity index (χ0) is 10.9. The summed E-state index contributed by atoms with van der Waals surface area (Å²) in [5.41, 5.74) is 0. The molecule has 0 N–H and O–H groups in total. The number of ether oxygens (including phenoxy) is 3. The second-order valence-electron chi connectivity index (χ2n) is 2.83. The third-order valence-electron chi connectivity index (χ3n) is 1.74. The average Bonchev–Trinajstić information content (AvgIpc) is 2.28. The monoisotopic (exact) mass is 211 g/mol. The molecule has 0 bridgehead atoms. The van der Waals surface area contributed by atoms with Gasteiger partial charge in [0.05, 0.1) is 0 Å². The van der Waals surface area contributed by atoms with Gasteiger partial charge in [0.25, 0.3) is 0 Å². The van der Waals surface area contributed by atoms with E-state index in [1.54, 1.807) is 24.5 Å². The molecule has 0 radical (unpaired) electrons. The van der Waals surface area contributed by atoms with Gasteiger partial charge in [-0.3, -0.25) is 4.98 Å². The molecule has 84 valence electrons. The number of nitrogens with zero attached hydrogens (tertiary/aromatic N) is 1. The standard InChI is InChI=1S/C11H17NO3/c1-3-13-11(14-4-2)9-15-10-5-7-12-8-6-10/h5-8,11H,3-4,9H2,1-2H3. The van der Waals surface area contributed by atoms with E-state index in [0.29, 0.717) is 19.8 Å². The minimum absolute atomic E-state index is 0.298. The highest BCUT2D eigenvalue weighted by molar-refractivity contribution is 5.16. The molecule has 0 atom stereocenters. The zero-order valence-electron chi connectivity index (χ0n) is 9.18. The van der Waals surface area contributed by atoms with Gasteiger partial charge in [-0.05, 0) is 26.0 Å². The molecule has 1 aromatic heterocycles. The summed E-state index contributed by atoms with van der Waals surface area (Å²) in [7, 11) is 0. The van der Waals surface area contributed by atoms with Crippen molar-refractivity contribution in [2.75, 3.05) is 19.8 Å². The summed E-state index contributed by atoms with van der Waals surface area (Å²) < 4.78 is 16.2. The molecule has 1 heterocycles. The molecular formula is C11H17NO3. The Hall–Kier alpha value is -1.13. The second-order valence-corrected chi connectivity index (χ2v) is 2.83. The Labute approximate surface area is 90.2 Å². The summed E-state index contributed by atoms with van der Waals surface area (Å²) >= 11 is 0. The summed E-state index contributed by atoms with van der Waals surface area (Å²) in [5, 5.41) is 0. The van der Waals surface area contributed by atoms with Gasteiger partial charge < -0.3 is 14.2 Å². The Morgan fingerprint density at radius 3 is 2.27 bits per heavy atom. The molecule has 0 aliphatic carbocycles. The second kappa shape index (κ2) is 7.20. The lowest BCUT2D eigenvalue weighted by Crippen LogP contribution is -2.25. The average molecular weight is 211 g/mol. The lowest BCUT2D eigenvalue weighted by Gasteiger charge is -2.17. The van der Waals surface area contributed by atoms with Crippen LogP contribution in [0.2, 0.25) is 0 Å². The van der Waals surface area contributed by atoms with Crippen molar-refractivity contribution in [1.82, 2.24) is 4.98 Å². The maximum absolute atomic E-state index is 5.48. The van der Waals surface area contributed by atoms with Crippen LogP contribution in [-0.4, -0.2) is 31.1 Å². The van der Waals surface area contributed by atoms with Gasteiger partial charge >= 0.3 is 0 Å². The van der Waals surface area contributed by atoms with Gasteiger partial charge in [-0.1, -0.05) is 0 Å². The summed E-state index contributed by atoms with van der Waals surface area (Å²) in [6, 6.07) is 3.60. The molecule has 0 aromatic carbocycles. The normalized spacial score (nSPS) is 10.6. The van der Waals surface area contributed by atoms with Crippen molar-refractivity contribution in [3.05, 3.63) is 24.5 Å². The van der Waals surface area contributed by atoms with Crippen LogP contribution in [0.3, 0.4) is 0 Å². The van der Waals surface area contributed by atoms with Crippen molar-refractivity contribution in [1.29, 1.82) is 0 Å². The number of pyridine rings is 1. The predicted molar refractivity (Wildman–Crippen MR) is 56.8 cm³/mol. The SMILES string of the molecule is CCOC(COc1ccncc1)OCC. The third-order valence-corrected chi connectivity index (χ3v) is 1.74. The maximum Gasteiger partial charge on any atom is 0.191 e. The van der Waals surface area contributed by atoms with Crippen LogP contribution < -0.4 is 4.74 Å². The van der Waals surface area contributed by atoms with Crippen LogP contribution in [0.15, 0.2) is 24.5 Å². The first-order valence-corrected chi connectivity index (χ1v) is 5.12. The predicted octanol–water partition coefficient (Wildman–Crippen LogP) is 1.86. The van der Waals surface area contributed by atoms with Crippen molar-refractivity contribution < 1.29 is 14.2 Å². The summed E-state index contributed by atoms with van der Waals surface area (Å²) in [4.78, 5) is 3.90. The largest absolute Gasteiger partial charge is 0.488 e. The van der Waals surface area contributed by atoms with Gasteiger partial charge in [-0.15, -0.1) is 0 Å². The van der Waals surface area contributed by atoms with E-state index in [2.05, 4.69) is 4.98 Å². The Morgan fingerprint density at radius 1 is 1.13 bits per heavy atom. The first-order valence-electron chi connectivity index (χ1n) is 5.12. The zero-order valence-corrected chi connectivity index (χ0v) is 9.18. The van der Waals surface area contributed by atoms with Crippen LogP contribution in [0.4, 0.5) is 0 Å². The van der Waals surface area contributed by atoms with Crippen LogP contribution in [-0.2, 0) is 9.47 Å². The Bertz CT molecular complexity index is 247. The molecule has 0 aliphatic heterocycles. The van der Waals surface area contributed by atoms with Crippen molar-refractivity contribution in [2.24, 2.45) is 0 Å². The van der Waals surface area contributed by atoms with Crippen LogP contribution in [0.25, 0.3) is 0 Å². The van der Waals surface area contributed by atoms with Crippen LogP contribution in [0.1, 0.15) is 13.8 Å². The van der Waals surface area contributed by atoms with E-state index < -0.39 is 0 Å². The molecule has 0 unspecified atom stereocenters. The van der Waals surface area contributed by atoms with Crippen LogP contribution >= 0.6 is 0 Å². The van der Waals surface area contributed by atoms with Gasteiger partial charge in [0.2, 0.25) is 0 Å². The lowest BCUT2D eigenvalue weighted by molar-refractivity contribution is -0.152. The Kier molecular flexibility index (Phi) is 5.73. The van der Waals surface area contributed by atoms with Gasteiger partial charge in [0.15, 0.2) is 6.29 Å². The smallest absolute Gasteiger partial charge is 0.191 e. The van der Waals surface area contributed by atoms with Crippen LogP contribution in [0.5, 0.6) is 5.75 Å². The lowest BCUT2D eigenvalue weighted by atomic mass is 10.4. The van der Waals surface area contributed by atoms with Crippen molar-refractivity contribution >= 4 is 0 Å². The molecule has 0 saturated heterocycles. The fraction of sp³-hybridized carbons (Fsp3) is 0.545. The molecular weight excluding hydrogens is 194 g/mol. The molecule has 0 spiro atoms. The minimum Gasteiger partial charge on any atom is -0.488 e.